The smallest absolute Gasteiger partial charge is 0.242 e. The molecule has 396 valence electrons. The minimum atomic E-state index is -1.18. The van der Waals surface area contributed by atoms with Crippen LogP contribution in [0.1, 0.15) is 33.7 Å². The lowest BCUT2D eigenvalue weighted by atomic mass is 9.96. The van der Waals surface area contributed by atoms with Crippen molar-refractivity contribution in [3.8, 4) is 5.95 Å². The van der Waals surface area contributed by atoms with Crippen LogP contribution < -0.4 is 9.80 Å². The Morgan fingerprint density at radius 2 is 1.25 bits per heavy atom. The van der Waals surface area contributed by atoms with Gasteiger partial charge in [0.2, 0.25) is 23.8 Å². The van der Waals surface area contributed by atoms with Gasteiger partial charge < -0.3 is 52.9 Å². The highest BCUT2D eigenvalue weighted by Crippen LogP contribution is 2.26. The number of amides is 1. The second-order valence-corrected chi connectivity index (χ2v) is 19.0. The Bertz CT molecular complexity index is 2570. The Labute approximate surface area is 438 Å². The number of ketones is 1. The molecule has 3 aromatic carbocycles. The maximum atomic E-state index is 14.7. The van der Waals surface area contributed by atoms with Gasteiger partial charge in [0.15, 0.2) is 17.4 Å². The number of para-hydroxylation sites is 2. The number of aryl methyl sites for hydroxylation is 1. The van der Waals surface area contributed by atoms with E-state index in [9.17, 15) is 22.8 Å². The number of imidazole rings is 1. The monoisotopic (exact) mass is 1130 g/mol. The number of benzene rings is 3. The molecule has 4 heterocycles. The predicted molar refractivity (Wildman–Crippen MR) is 277 cm³/mol. The van der Waals surface area contributed by atoms with E-state index in [1.165, 1.54) is 18.2 Å². The van der Waals surface area contributed by atoms with Crippen LogP contribution >= 0.6 is 22.6 Å². The maximum absolute atomic E-state index is 14.7. The molecule has 2 fully saturated rings. The van der Waals surface area contributed by atoms with E-state index in [-0.39, 0.29) is 48.8 Å². The van der Waals surface area contributed by atoms with Crippen LogP contribution in [0.4, 0.5) is 25.1 Å². The predicted octanol–water partition coefficient (Wildman–Crippen LogP) is 4.84. The van der Waals surface area contributed by atoms with Gasteiger partial charge in [-0.05, 0) is 85.6 Å². The van der Waals surface area contributed by atoms with Crippen LogP contribution in [-0.2, 0) is 39.6 Å². The molecule has 7 rings (SSSR count). The van der Waals surface area contributed by atoms with Gasteiger partial charge >= 0.3 is 0 Å². The third kappa shape index (κ3) is 16.5. The van der Waals surface area contributed by atoms with Gasteiger partial charge in [-0.1, -0.05) is 18.2 Å². The number of piperazine rings is 1. The average molecular weight is 1130 g/mol. The number of carbonyl (C=O) groups is 2. The van der Waals surface area contributed by atoms with Crippen LogP contribution in [0.2, 0.25) is 0 Å². The lowest BCUT2D eigenvalue weighted by Gasteiger charge is -2.35. The van der Waals surface area contributed by atoms with E-state index in [2.05, 4.69) is 26.6 Å². The number of rotatable bonds is 29. The number of halogens is 4. The fourth-order valence-electron chi connectivity index (χ4n) is 8.25. The Morgan fingerprint density at radius 3 is 1.90 bits per heavy atom. The van der Waals surface area contributed by atoms with Gasteiger partial charge in [0.05, 0.1) is 90.1 Å². The van der Waals surface area contributed by atoms with Crippen molar-refractivity contribution in [3.05, 3.63) is 98.1 Å². The molecule has 0 spiro atoms. The van der Waals surface area contributed by atoms with Crippen LogP contribution in [0.5, 0.6) is 0 Å². The van der Waals surface area contributed by atoms with E-state index in [1.807, 2.05) is 70.3 Å². The van der Waals surface area contributed by atoms with Crippen molar-refractivity contribution in [1.29, 1.82) is 0 Å². The number of hydrogen-bond donors (Lipinski definition) is 0. The van der Waals surface area contributed by atoms with E-state index in [1.54, 1.807) is 6.07 Å². The van der Waals surface area contributed by atoms with Gasteiger partial charge in [-0.25, -0.2) is 18.2 Å². The fourth-order valence-corrected chi connectivity index (χ4v) is 8.71. The zero-order chi connectivity index (χ0) is 51.5. The summed E-state index contributed by atoms with van der Waals surface area (Å²) in [5, 5.41) is 0. The Morgan fingerprint density at radius 1 is 0.658 bits per heavy atom. The van der Waals surface area contributed by atoms with Crippen LogP contribution in [0.15, 0.2) is 54.6 Å². The molecule has 22 heteroatoms. The summed E-state index contributed by atoms with van der Waals surface area (Å²) in [6.07, 6.45) is 0.0284. The lowest BCUT2D eigenvalue weighted by Crippen LogP contribution is -2.49. The number of ether oxygens (including phenoxy) is 6. The molecule has 0 saturated carbocycles. The van der Waals surface area contributed by atoms with Crippen molar-refractivity contribution in [1.82, 2.24) is 39.2 Å². The topological polar surface area (TPSA) is 162 Å². The second kappa shape index (κ2) is 28.7. The average Bonchev–Trinajstić information content (AvgIpc) is 3.74. The van der Waals surface area contributed by atoms with Gasteiger partial charge in [-0.2, -0.15) is 15.0 Å². The number of aromatic nitrogens is 5. The molecule has 18 nitrogen and oxygen atoms in total. The van der Waals surface area contributed by atoms with Crippen molar-refractivity contribution in [2.75, 3.05) is 169 Å². The van der Waals surface area contributed by atoms with Crippen LogP contribution in [-0.4, -0.2) is 210 Å². The number of nitrogens with zero attached hydrogens (tertiary/aromatic N) is 10. The normalized spacial score (nSPS) is 14.3. The van der Waals surface area contributed by atoms with E-state index < -0.39 is 23.2 Å². The van der Waals surface area contributed by atoms with E-state index in [0.717, 1.165) is 49.1 Å². The standard InChI is InChI=1S/C51H66F3IN10O8/c1-37-56-44-6-4-5-7-45(44)65(37)51-58-49(57-50(59-51)64-21-26-69-27-22-64)63-17-15-62(16-18-63)47(67)12-23-68-28-29-70-24-19-60(2)13-14-61(3)20-25-71-30-31-72-32-33-73-36-46(66)40-10-11-42(52)48(54)41(40)34-38-8-9-39(55)35-43(38)53/h4-11,35H,12-34,36H2,1-3H3. The van der Waals surface area contributed by atoms with Gasteiger partial charge in [0.1, 0.15) is 18.2 Å². The molecular weight excluding hydrogens is 1060 g/mol. The number of likely N-dealkylation sites (N-methyl/N-ethyl adjacent to an activating group) is 2. The third-order valence-electron chi connectivity index (χ3n) is 12.5. The van der Waals surface area contributed by atoms with E-state index in [4.69, 9.17) is 48.4 Å². The quantitative estimate of drug-likeness (QED) is 0.0363. The molecule has 2 aromatic heterocycles. The van der Waals surface area contributed by atoms with E-state index in [0.29, 0.717) is 127 Å². The molecule has 0 unspecified atom stereocenters. The molecule has 0 N–H and O–H groups in total. The zero-order valence-electron chi connectivity index (χ0n) is 41.9. The summed E-state index contributed by atoms with van der Waals surface area (Å²) in [6.45, 7) is 13.1. The summed E-state index contributed by atoms with van der Waals surface area (Å²) in [5.74, 6) is -0.842. The molecule has 5 aromatic rings. The molecule has 2 aliphatic heterocycles. The van der Waals surface area contributed by atoms with Gasteiger partial charge in [0.25, 0.3) is 0 Å². The number of carbonyl (C=O) groups excluding carboxylic acids is 2. The molecule has 0 aliphatic carbocycles. The van der Waals surface area contributed by atoms with Gasteiger partial charge in [0, 0.05) is 86.6 Å². The Hall–Kier alpha value is -4.92. The fraction of sp³-hybridized carbons (Fsp3) is 0.529. The molecule has 73 heavy (non-hydrogen) atoms. The van der Waals surface area contributed by atoms with Crippen LogP contribution in [0, 0.1) is 27.9 Å². The molecule has 2 saturated heterocycles. The second-order valence-electron chi connectivity index (χ2n) is 17.8. The van der Waals surface area contributed by atoms with E-state index >= 15 is 0 Å². The highest BCUT2D eigenvalue weighted by Gasteiger charge is 2.27. The molecule has 1 amide bonds. The minimum absolute atomic E-state index is 0.0518. The summed E-state index contributed by atoms with van der Waals surface area (Å²) < 4.78 is 79.7. The molecule has 0 atom stereocenters. The highest BCUT2D eigenvalue weighted by atomic mass is 127. The number of hydrogen-bond acceptors (Lipinski definition) is 16. The Kier molecular flexibility index (Phi) is 21.9. The van der Waals surface area contributed by atoms with Crippen molar-refractivity contribution in [2.45, 2.75) is 19.8 Å². The first-order valence-corrected chi connectivity index (χ1v) is 25.8. The number of anilines is 2. The maximum Gasteiger partial charge on any atom is 0.242 e. The molecule has 0 bridgehead atoms. The summed E-state index contributed by atoms with van der Waals surface area (Å²) in [6, 6.07) is 14.5. The molecule has 2 aliphatic rings. The Balaban J connectivity index is 0.681. The van der Waals surface area contributed by atoms with Crippen molar-refractivity contribution >= 4 is 57.2 Å². The number of Topliss-reactive ketones (excluding diaryl/α,β-unsaturated/α-hetero) is 1. The third-order valence-corrected chi connectivity index (χ3v) is 13.2. The van der Waals surface area contributed by atoms with Crippen LogP contribution in [0.3, 0.4) is 0 Å². The summed E-state index contributed by atoms with van der Waals surface area (Å²) in [5.41, 5.74) is 1.69. The van der Waals surface area contributed by atoms with Crippen molar-refractivity contribution < 1.29 is 51.2 Å². The van der Waals surface area contributed by atoms with Crippen molar-refractivity contribution in [2.24, 2.45) is 0 Å². The summed E-state index contributed by atoms with van der Waals surface area (Å²) in [7, 11) is 4.09. The van der Waals surface area contributed by atoms with Crippen LogP contribution in [0.25, 0.3) is 17.0 Å². The number of morpholine rings is 1. The van der Waals surface area contributed by atoms with Gasteiger partial charge in [-0.15, -0.1) is 0 Å². The first-order chi connectivity index (χ1) is 35.4. The minimum Gasteiger partial charge on any atom is -0.379 e. The summed E-state index contributed by atoms with van der Waals surface area (Å²) in [4.78, 5) is 55.9. The molecular formula is C51H66F3IN10O8. The highest BCUT2D eigenvalue weighted by molar-refractivity contribution is 14.1. The summed E-state index contributed by atoms with van der Waals surface area (Å²) >= 11 is 1.96. The number of fused-ring (bicyclic) bond motifs is 1. The van der Waals surface area contributed by atoms with Crippen molar-refractivity contribution in [3.63, 3.8) is 0 Å². The first-order valence-electron chi connectivity index (χ1n) is 24.7. The first kappa shape index (κ1) is 55.8. The molecule has 0 radical (unpaired) electrons. The zero-order valence-corrected chi connectivity index (χ0v) is 44.1. The largest absolute Gasteiger partial charge is 0.379 e. The SMILES string of the molecule is Cc1nc2ccccc2n1-c1nc(N2CCOCC2)nc(N2CCN(C(=O)CCOCCOCCN(C)CCN(C)CCOCCOCCOCC(=O)c3ccc(F)c(F)c3Cc3ccc(I)cc3F)CC2)n1. The van der Waals surface area contributed by atoms with Gasteiger partial charge in [-0.3, -0.25) is 14.2 Å². The lowest BCUT2D eigenvalue weighted by molar-refractivity contribution is -0.132.